The summed E-state index contributed by atoms with van der Waals surface area (Å²) in [5.74, 6) is 1.82. The van der Waals surface area contributed by atoms with E-state index in [0.29, 0.717) is 0 Å². The molecule has 2 aromatic heterocycles. The Balaban J connectivity index is 2.08. The van der Waals surface area contributed by atoms with Crippen molar-refractivity contribution in [3.8, 4) is 0 Å². The number of fused-ring (bicyclic) bond motifs is 1. The number of anilines is 2. The molecule has 0 radical (unpaired) electrons. The van der Waals surface area contributed by atoms with Gasteiger partial charge in [-0.25, -0.2) is 4.98 Å². The molecule has 0 spiro atoms. The lowest BCUT2D eigenvalue weighted by molar-refractivity contribution is 0.575. The normalized spacial score (nSPS) is 16.4. The van der Waals surface area contributed by atoms with Gasteiger partial charge in [-0.2, -0.15) is 4.98 Å². The van der Waals surface area contributed by atoms with Crippen molar-refractivity contribution in [3.05, 3.63) is 11.4 Å². The van der Waals surface area contributed by atoms with Crippen LogP contribution in [0.1, 0.15) is 19.3 Å². The van der Waals surface area contributed by atoms with E-state index in [4.69, 9.17) is 0 Å². The van der Waals surface area contributed by atoms with Gasteiger partial charge in [-0.05, 0) is 30.7 Å². The lowest BCUT2D eigenvalue weighted by Crippen LogP contribution is -2.30. The molecule has 3 rings (SSSR count). The van der Waals surface area contributed by atoms with Crippen LogP contribution in [0, 0.1) is 0 Å². The first-order valence-corrected chi connectivity index (χ1v) is 6.94. The maximum atomic E-state index is 4.63. The van der Waals surface area contributed by atoms with E-state index in [1.165, 1.54) is 24.6 Å². The summed E-state index contributed by atoms with van der Waals surface area (Å²) in [4.78, 5) is 12.6. The van der Waals surface area contributed by atoms with E-state index in [2.05, 4.69) is 31.6 Å². The summed E-state index contributed by atoms with van der Waals surface area (Å²) < 4.78 is 0. The zero-order valence-corrected chi connectivity index (χ0v) is 10.8. The molecular formula is C12H16N4S. The highest BCUT2D eigenvalue weighted by Gasteiger charge is 2.17. The van der Waals surface area contributed by atoms with Crippen molar-refractivity contribution in [2.45, 2.75) is 19.3 Å². The van der Waals surface area contributed by atoms with Crippen LogP contribution in [0.2, 0.25) is 0 Å². The average molecular weight is 248 g/mol. The summed E-state index contributed by atoms with van der Waals surface area (Å²) in [5, 5.41) is 6.33. The third-order valence-corrected chi connectivity index (χ3v) is 3.99. The van der Waals surface area contributed by atoms with Crippen LogP contribution in [0.4, 0.5) is 11.8 Å². The monoisotopic (exact) mass is 248 g/mol. The summed E-state index contributed by atoms with van der Waals surface area (Å²) in [6.45, 7) is 2.23. The number of hydrogen-bond acceptors (Lipinski definition) is 5. The Morgan fingerprint density at radius 2 is 2.06 bits per heavy atom. The van der Waals surface area contributed by atoms with Gasteiger partial charge in [0.2, 0.25) is 5.95 Å². The predicted molar refractivity (Wildman–Crippen MR) is 73.0 cm³/mol. The van der Waals surface area contributed by atoms with Gasteiger partial charge in [-0.15, -0.1) is 11.3 Å². The second-order valence-electron chi connectivity index (χ2n) is 4.31. The minimum absolute atomic E-state index is 0.723. The van der Waals surface area contributed by atoms with E-state index < -0.39 is 0 Å². The van der Waals surface area contributed by atoms with Gasteiger partial charge in [0, 0.05) is 20.1 Å². The molecule has 1 saturated heterocycles. The van der Waals surface area contributed by atoms with Crippen LogP contribution in [-0.4, -0.2) is 30.1 Å². The van der Waals surface area contributed by atoms with Gasteiger partial charge in [0.25, 0.3) is 0 Å². The third-order valence-electron chi connectivity index (χ3n) is 3.18. The molecule has 0 saturated carbocycles. The predicted octanol–water partition coefficient (Wildman–Crippen LogP) is 2.72. The largest absolute Gasteiger partial charge is 0.357 e. The van der Waals surface area contributed by atoms with Crippen LogP contribution in [0.5, 0.6) is 0 Å². The number of piperidine rings is 1. The van der Waals surface area contributed by atoms with Gasteiger partial charge in [-0.3, -0.25) is 0 Å². The summed E-state index contributed by atoms with van der Waals surface area (Å²) >= 11 is 1.68. The van der Waals surface area contributed by atoms with Gasteiger partial charge < -0.3 is 10.2 Å². The number of thiophene rings is 1. The van der Waals surface area contributed by atoms with Crippen molar-refractivity contribution >= 4 is 33.3 Å². The molecule has 3 heterocycles. The van der Waals surface area contributed by atoms with Gasteiger partial charge in [0.05, 0.1) is 5.39 Å². The molecule has 1 N–H and O–H groups in total. The molecular weight excluding hydrogens is 232 g/mol. The molecule has 0 aliphatic carbocycles. The molecule has 5 heteroatoms. The van der Waals surface area contributed by atoms with Crippen LogP contribution in [0.25, 0.3) is 10.2 Å². The number of hydrogen-bond donors (Lipinski definition) is 1. The Hall–Kier alpha value is -1.36. The highest BCUT2D eigenvalue weighted by Crippen LogP contribution is 2.30. The Labute approximate surface area is 105 Å². The molecule has 17 heavy (non-hydrogen) atoms. The molecule has 2 aromatic rings. The number of nitrogens with zero attached hydrogens (tertiary/aromatic N) is 3. The van der Waals surface area contributed by atoms with E-state index in [1.54, 1.807) is 11.3 Å². The van der Waals surface area contributed by atoms with E-state index in [9.17, 15) is 0 Å². The minimum atomic E-state index is 0.723. The maximum Gasteiger partial charge on any atom is 0.225 e. The van der Waals surface area contributed by atoms with Crippen molar-refractivity contribution in [1.82, 2.24) is 9.97 Å². The van der Waals surface area contributed by atoms with Gasteiger partial charge in [0.15, 0.2) is 0 Å². The zero-order chi connectivity index (χ0) is 11.7. The second-order valence-corrected chi connectivity index (χ2v) is 5.20. The van der Waals surface area contributed by atoms with E-state index in [0.717, 1.165) is 29.7 Å². The lowest BCUT2D eigenvalue weighted by atomic mass is 10.1. The van der Waals surface area contributed by atoms with Gasteiger partial charge in [0.1, 0.15) is 10.6 Å². The number of nitrogens with one attached hydrogen (secondary N) is 1. The molecule has 0 aromatic carbocycles. The topological polar surface area (TPSA) is 41.1 Å². The molecule has 4 nitrogen and oxygen atoms in total. The molecule has 1 aliphatic heterocycles. The zero-order valence-electron chi connectivity index (χ0n) is 9.94. The molecule has 90 valence electrons. The van der Waals surface area contributed by atoms with E-state index >= 15 is 0 Å². The van der Waals surface area contributed by atoms with E-state index in [-0.39, 0.29) is 0 Å². The Morgan fingerprint density at radius 1 is 1.24 bits per heavy atom. The fraction of sp³-hybridized carbons (Fsp3) is 0.500. The number of aromatic nitrogens is 2. The maximum absolute atomic E-state index is 4.63. The van der Waals surface area contributed by atoms with Crippen LogP contribution >= 0.6 is 11.3 Å². The summed E-state index contributed by atoms with van der Waals surface area (Å²) in [6.07, 6.45) is 3.88. The van der Waals surface area contributed by atoms with Crippen molar-refractivity contribution < 1.29 is 0 Å². The quantitative estimate of drug-likeness (QED) is 0.887. The first kappa shape index (κ1) is 10.8. The highest BCUT2D eigenvalue weighted by atomic mass is 32.1. The van der Waals surface area contributed by atoms with Crippen molar-refractivity contribution in [2.24, 2.45) is 0 Å². The molecule has 1 fully saturated rings. The van der Waals surface area contributed by atoms with Gasteiger partial charge >= 0.3 is 0 Å². The standard InChI is InChI=1S/C12H16N4S/c1-13-12-14-10(16-6-3-2-4-7-16)9-5-8-17-11(9)15-12/h5,8H,2-4,6-7H2,1H3,(H,13,14,15). The number of rotatable bonds is 2. The average Bonchev–Trinajstić information content (AvgIpc) is 2.86. The van der Waals surface area contributed by atoms with Crippen LogP contribution in [-0.2, 0) is 0 Å². The molecule has 0 amide bonds. The first-order chi connectivity index (χ1) is 8.38. The smallest absolute Gasteiger partial charge is 0.225 e. The first-order valence-electron chi connectivity index (χ1n) is 6.06. The fourth-order valence-corrected chi connectivity index (χ4v) is 3.06. The lowest BCUT2D eigenvalue weighted by Gasteiger charge is -2.28. The Kier molecular flexibility index (Phi) is 2.84. The van der Waals surface area contributed by atoms with Crippen LogP contribution < -0.4 is 10.2 Å². The molecule has 1 aliphatic rings. The summed E-state index contributed by atoms with van der Waals surface area (Å²) in [5.41, 5.74) is 0. The van der Waals surface area contributed by atoms with Crippen LogP contribution in [0.15, 0.2) is 11.4 Å². The molecule has 0 atom stereocenters. The van der Waals surface area contributed by atoms with Crippen molar-refractivity contribution in [2.75, 3.05) is 30.4 Å². The summed E-state index contributed by atoms with van der Waals surface area (Å²) in [6, 6.07) is 2.13. The Morgan fingerprint density at radius 3 is 2.82 bits per heavy atom. The van der Waals surface area contributed by atoms with Crippen molar-refractivity contribution in [3.63, 3.8) is 0 Å². The Bertz CT molecular complexity index is 516. The second kappa shape index (κ2) is 4.49. The summed E-state index contributed by atoms with van der Waals surface area (Å²) in [7, 11) is 1.87. The minimum Gasteiger partial charge on any atom is -0.357 e. The van der Waals surface area contributed by atoms with Gasteiger partial charge in [-0.1, -0.05) is 0 Å². The fourth-order valence-electron chi connectivity index (χ4n) is 2.30. The van der Waals surface area contributed by atoms with Crippen LogP contribution in [0.3, 0.4) is 0 Å². The highest BCUT2D eigenvalue weighted by molar-refractivity contribution is 7.16. The van der Waals surface area contributed by atoms with E-state index in [1.807, 2.05) is 7.05 Å². The molecule has 0 bridgehead atoms. The SMILES string of the molecule is CNc1nc(N2CCCCC2)c2ccsc2n1. The third kappa shape index (κ3) is 1.95. The molecule has 0 unspecified atom stereocenters. The van der Waals surface area contributed by atoms with Crippen molar-refractivity contribution in [1.29, 1.82) is 0 Å².